The predicted octanol–water partition coefficient (Wildman–Crippen LogP) is 3.92. The van der Waals surface area contributed by atoms with Crippen LogP contribution in [0, 0.1) is 0 Å². The second kappa shape index (κ2) is 46.1. The number of rotatable bonds is 28. The normalized spacial score (nSPS) is 9.62. The molecule has 0 fully saturated rings. The second-order valence-electron chi connectivity index (χ2n) is 11.6. The Bertz CT molecular complexity index is 694. The Morgan fingerprint density at radius 3 is 0.745 bits per heavy atom. The van der Waals surface area contributed by atoms with Crippen molar-refractivity contribution >= 4 is 59.4 Å². The van der Waals surface area contributed by atoms with Crippen LogP contribution in [-0.4, -0.2) is 59.4 Å². The number of aliphatic carboxylic acids is 4. The van der Waals surface area contributed by atoms with Gasteiger partial charge in [0.2, 0.25) is 0 Å². The van der Waals surface area contributed by atoms with Crippen molar-refractivity contribution in [1.82, 2.24) is 0 Å². The van der Waals surface area contributed by atoms with Crippen molar-refractivity contribution in [2.45, 2.75) is 195 Å². The molecular formula is C36H64O10Sn. The molecule has 0 aliphatic carbocycles. The third-order valence-corrected chi connectivity index (χ3v) is 6.71. The molecule has 0 aromatic carbocycles. The Morgan fingerprint density at radius 1 is 0.319 bits per heavy atom. The number of carbonyl (C=O) groups is 6. The Kier molecular flexibility index (Phi) is 53.5. The van der Waals surface area contributed by atoms with E-state index in [0.717, 1.165) is 25.7 Å². The number of hydrogen-bond acceptors (Lipinski definition) is 10. The summed E-state index contributed by atoms with van der Waals surface area (Å²) in [7, 11) is 0. The van der Waals surface area contributed by atoms with E-state index in [1.807, 2.05) is 13.8 Å². The van der Waals surface area contributed by atoms with Crippen LogP contribution in [0.15, 0.2) is 0 Å². The van der Waals surface area contributed by atoms with Gasteiger partial charge in [0.1, 0.15) is 11.6 Å². The number of Topliss-reactive ketones (excluding diaryl/α,β-unsaturated/α-hetero) is 2. The third-order valence-electron chi connectivity index (χ3n) is 6.71. The summed E-state index contributed by atoms with van der Waals surface area (Å²) in [4.78, 5) is 60.6. The summed E-state index contributed by atoms with van der Waals surface area (Å²) < 4.78 is 0. The molecule has 11 heteroatoms. The van der Waals surface area contributed by atoms with Gasteiger partial charge >= 0.3 is 23.9 Å². The molecule has 10 nitrogen and oxygen atoms in total. The van der Waals surface area contributed by atoms with Gasteiger partial charge in [0.25, 0.3) is 0 Å². The van der Waals surface area contributed by atoms with Crippen LogP contribution in [-0.2, 0) is 28.8 Å². The Balaban J connectivity index is -0.000000169. The number of carbonyl (C=O) groups excluding carboxylic acids is 6. The molecule has 0 radical (unpaired) electrons. The van der Waals surface area contributed by atoms with Crippen LogP contribution in [0.4, 0.5) is 0 Å². The van der Waals surface area contributed by atoms with E-state index in [0.29, 0.717) is 25.7 Å². The Morgan fingerprint density at radius 2 is 0.553 bits per heavy atom. The molecule has 0 atom stereocenters. The smallest absolute Gasteiger partial charge is 0.550 e. The second-order valence-corrected chi connectivity index (χ2v) is 11.6. The van der Waals surface area contributed by atoms with Gasteiger partial charge in [0.05, 0.1) is 0 Å². The molecule has 272 valence electrons. The summed E-state index contributed by atoms with van der Waals surface area (Å²) in [5.41, 5.74) is 0. The van der Waals surface area contributed by atoms with Crippen LogP contribution in [0.5, 0.6) is 0 Å². The molecule has 0 aliphatic heterocycles. The van der Waals surface area contributed by atoms with Gasteiger partial charge in [-0.3, -0.25) is 9.59 Å². The van der Waals surface area contributed by atoms with Crippen LogP contribution in [0.2, 0.25) is 0 Å². The van der Waals surface area contributed by atoms with Crippen molar-refractivity contribution in [3.63, 3.8) is 0 Å². The largest absolute Gasteiger partial charge is 4.00 e. The minimum Gasteiger partial charge on any atom is -0.550 e. The van der Waals surface area contributed by atoms with E-state index in [9.17, 15) is 49.2 Å². The van der Waals surface area contributed by atoms with Crippen molar-refractivity contribution in [3.8, 4) is 0 Å². The maximum Gasteiger partial charge on any atom is 4.00 e. The summed E-state index contributed by atoms with van der Waals surface area (Å²) in [5, 5.41) is 39.7. The maximum atomic E-state index is 10.4. The molecule has 0 spiro atoms. The molecule has 0 amide bonds. The first-order valence-electron chi connectivity index (χ1n) is 17.7. The zero-order valence-electron chi connectivity index (χ0n) is 30.0. The van der Waals surface area contributed by atoms with Crippen molar-refractivity contribution in [3.05, 3.63) is 0 Å². The zero-order chi connectivity index (χ0) is 35.8. The van der Waals surface area contributed by atoms with Gasteiger partial charge in [-0.2, -0.15) is 0 Å². The molecule has 0 saturated carbocycles. The van der Waals surface area contributed by atoms with E-state index in [1.165, 1.54) is 89.9 Å². The summed E-state index contributed by atoms with van der Waals surface area (Å²) in [5.74, 6) is -4.89. The molecule has 0 aromatic heterocycles. The first-order valence-corrected chi connectivity index (χ1v) is 17.7. The minimum atomic E-state index is -1.28. The van der Waals surface area contributed by atoms with Gasteiger partial charge in [-0.05, 0) is 38.5 Å². The summed E-state index contributed by atoms with van der Waals surface area (Å²) >= 11 is 0. The van der Waals surface area contributed by atoms with E-state index >= 15 is 0 Å². The van der Waals surface area contributed by atoms with Gasteiger partial charge in [-0.1, -0.05) is 130 Å². The molecule has 47 heavy (non-hydrogen) atoms. The summed E-state index contributed by atoms with van der Waals surface area (Å²) in [6.45, 7) is 8.10. The maximum absolute atomic E-state index is 10.4. The number of hydrogen-bond donors (Lipinski definition) is 0. The first-order chi connectivity index (χ1) is 21.9. The van der Waals surface area contributed by atoms with E-state index in [1.54, 1.807) is 0 Å². The number of carboxylic acid groups (broad SMARTS) is 4. The molecule has 0 saturated heterocycles. The first kappa shape index (κ1) is 54.5. The fourth-order valence-electron chi connectivity index (χ4n) is 4.22. The van der Waals surface area contributed by atoms with Crippen LogP contribution in [0.1, 0.15) is 195 Å². The molecule has 0 N–H and O–H groups in total. The minimum absolute atomic E-state index is 0. The van der Waals surface area contributed by atoms with Crippen molar-refractivity contribution in [2.75, 3.05) is 0 Å². The molecule has 0 unspecified atom stereocenters. The third kappa shape index (κ3) is 67.2. The van der Waals surface area contributed by atoms with Crippen LogP contribution < -0.4 is 20.4 Å². The summed E-state index contributed by atoms with van der Waals surface area (Å²) in [6, 6.07) is 0. The van der Waals surface area contributed by atoms with Crippen LogP contribution >= 0.6 is 0 Å². The van der Waals surface area contributed by atoms with Gasteiger partial charge in [0.15, 0.2) is 0 Å². The Labute approximate surface area is 302 Å². The van der Waals surface area contributed by atoms with Gasteiger partial charge in [0, 0.05) is 49.6 Å². The fourth-order valence-corrected chi connectivity index (χ4v) is 4.22. The standard InChI is InChI=1S/2C12H24O2.2C6H10O3.Sn/c2*1-2-3-4-5-6-7-8-9-10-11-12(13)14;2*1-2-3-5(7)4-6(8)9;/h2*2-11H2,1H3,(H,13,14);2*2-4H2,1H3,(H,8,9);/q;;;;+4/p-4. The van der Waals surface area contributed by atoms with Crippen molar-refractivity contribution < 1.29 is 49.2 Å². The van der Waals surface area contributed by atoms with E-state index < -0.39 is 36.7 Å². The van der Waals surface area contributed by atoms with Crippen LogP contribution in [0.25, 0.3) is 0 Å². The number of carboxylic acids is 4. The molecular weight excluding hydrogens is 711 g/mol. The summed E-state index contributed by atoms with van der Waals surface area (Å²) in [6.07, 6.45) is 23.5. The van der Waals surface area contributed by atoms with Crippen LogP contribution in [0.3, 0.4) is 0 Å². The quantitative estimate of drug-likeness (QED) is 0.0639. The van der Waals surface area contributed by atoms with Crippen molar-refractivity contribution in [2.24, 2.45) is 0 Å². The predicted molar refractivity (Wildman–Crippen MR) is 179 cm³/mol. The zero-order valence-corrected chi connectivity index (χ0v) is 32.8. The average molecular weight is 776 g/mol. The SMILES string of the molecule is CCCC(=O)CC(=O)[O-].CCCC(=O)CC(=O)[O-].CCCCCCCCCCCC(=O)[O-].CCCCCCCCCCCC(=O)[O-].[Sn+4]. The van der Waals surface area contributed by atoms with Gasteiger partial charge < -0.3 is 39.6 Å². The molecule has 0 aliphatic rings. The van der Waals surface area contributed by atoms with E-state index in [2.05, 4.69) is 13.8 Å². The number of ketones is 2. The van der Waals surface area contributed by atoms with Gasteiger partial charge in [-0.15, -0.1) is 0 Å². The van der Waals surface area contributed by atoms with Gasteiger partial charge in [-0.25, -0.2) is 0 Å². The number of unbranched alkanes of at least 4 members (excludes halogenated alkanes) is 16. The molecule has 0 rings (SSSR count). The van der Waals surface area contributed by atoms with E-state index in [-0.39, 0.29) is 48.3 Å². The molecule has 0 heterocycles. The molecule has 0 bridgehead atoms. The van der Waals surface area contributed by atoms with Crippen molar-refractivity contribution in [1.29, 1.82) is 0 Å². The average Bonchev–Trinajstić information content (AvgIpc) is 2.96. The molecule has 0 aromatic rings. The fraction of sp³-hybridized carbons (Fsp3) is 0.833. The topological polar surface area (TPSA) is 195 Å². The van der Waals surface area contributed by atoms with E-state index in [4.69, 9.17) is 0 Å². The Hall–Kier alpha value is -1.98. The monoisotopic (exact) mass is 776 g/mol.